The predicted octanol–water partition coefficient (Wildman–Crippen LogP) is 3.55. The predicted molar refractivity (Wildman–Crippen MR) is 103 cm³/mol. The van der Waals surface area contributed by atoms with Gasteiger partial charge < -0.3 is 14.8 Å². The van der Waals surface area contributed by atoms with Crippen molar-refractivity contribution < 1.29 is 23.9 Å². The normalized spacial score (nSPS) is 15.1. The Morgan fingerprint density at radius 2 is 1.85 bits per heavy atom. The van der Waals surface area contributed by atoms with E-state index in [0.29, 0.717) is 29.0 Å². The number of methoxy groups -OCH3 is 2. The Labute approximate surface area is 161 Å². The molecule has 1 heterocycles. The second-order valence-electron chi connectivity index (χ2n) is 6.25. The van der Waals surface area contributed by atoms with Crippen LogP contribution in [0.3, 0.4) is 0 Å². The van der Waals surface area contributed by atoms with Crippen molar-refractivity contribution in [2.24, 2.45) is 0 Å². The van der Waals surface area contributed by atoms with Crippen molar-refractivity contribution in [3.63, 3.8) is 0 Å². The zero-order valence-corrected chi connectivity index (χ0v) is 16.3. The fourth-order valence-electron chi connectivity index (χ4n) is 3.30. The molecule has 142 valence electrons. The quantitative estimate of drug-likeness (QED) is 0.794. The van der Waals surface area contributed by atoms with Gasteiger partial charge in [-0.2, -0.15) is 0 Å². The lowest BCUT2D eigenvalue weighted by molar-refractivity contribution is -0.142. The average molecular weight is 387 g/mol. The molecule has 0 aliphatic heterocycles. The van der Waals surface area contributed by atoms with Crippen molar-refractivity contribution in [3.05, 3.63) is 51.4 Å². The van der Waals surface area contributed by atoms with E-state index >= 15 is 0 Å². The highest BCUT2D eigenvalue weighted by Crippen LogP contribution is 2.46. The molecule has 0 fully saturated rings. The Morgan fingerprint density at radius 1 is 1.15 bits per heavy atom. The smallest absolute Gasteiger partial charge is 0.341 e. The van der Waals surface area contributed by atoms with Crippen LogP contribution in [0.2, 0.25) is 0 Å². The lowest BCUT2D eigenvalue weighted by Gasteiger charge is -2.12. The summed E-state index contributed by atoms with van der Waals surface area (Å²) in [4.78, 5) is 38.0. The number of aryl methyl sites for hydroxylation is 2. The number of esters is 2. The number of thiophene rings is 1. The highest BCUT2D eigenvalue weighted by Gasteiger charge is 2.38. The molecule has 27 heavy (non-hydrogen) atoms. The standard InChI is InChI=1S/C20H21NO5S/c1-4-11-5-7-12(8-6-11)17(22)21-18-16(20(24)26-3)15-13(19(23)25-2)9-10-14(15)27-18/h5-8,13H,4,9-10H2,1-3H3,(H,21,22). The highest BCUT2D eigenvalue weighted by molar-refractivity contribution is 7.17. The highest BCUT2D eigenvalue weighted by atomic mass is 32.1. The van der Waals surface area contributed by atoms with E-state index in [4.69, 9.17) is 9.47 Å². The lowest BCUT2D eigenvalue weighted by Crippen LogP contribution is -2.17. The molecule has 0 radical (unpaired) electrons. The monoisotopic (exact) mass is 387 g/mol. The first kappa shape index (κ1) is 19.1. The summed E-state index contributed by atoms with van der Waals surface area (Å²) < 4.78 is 9.77. The Kier molecular flexibility index (Phi) is 5.60. The first-order valence-electron chi connectivity index (χ1n) is 8.72. The molecule has 1 aromatic heterocycles. The van der Waals surface area contributed by atoms with Crippen molar-refractivity contribution in [1.29, 1.82) is 0 Å². The van der Waals surface area contributed by atoms with Gasteiger partial charge in [-0.25, -0.2) is 4.79 Å². The maximum Gasteiger partial charge on any atom is 0.341 e. The van der Waals surface area contributed by atoms with Crippen molar-refractivity contribution in [1.82, 2.24) is 0 Å². The number of amides is 1. The number of hydrogen-bond acceptors (Lipinski definition) is 6. The van der Waals surface area contributed by atoms with Crippen molar-refractivity contribution in [3.8, 4) is 0 Å². The molecule has 6 nitrogen and oxygen atoms in total. The third-order valence-corrected chi connectivity index (χ3v) is 5.94. The summed E-state index contributed by atoms with van der Waals surface area (Å²) in [5.74, 6) is -1.77. The minimum absolute atomic E-state index is 0.254. The summed E-state index contributed by atoms with van der Waals surface area (Å²) in [5, 5.41) is 3.22. The van der Waals surface area contributed by atoms with Gasteiger partial charge in [0.25, 0.3) is 5.91 Å². The number of fused-ring (bicyclic) bond motifs is 1. The molecule has 0 bridgehead atoms. The van der Waals surface area contributed by atoms with E-state index in [0.717, 1.165) is 16.9 Å². The number of ether oxygens (including phenoxy) is 2. The van der Waals surface area contributed by atoms with Gasteiger partial charge in [-0.15, -0.1) is 11.3 Å². The Balaban J connectivity index is 1.95. The Hall–Kier alpha value is -2.67. The zero-order chi connectivity index (χ0) is 19.6. The zero-order valence-electron chi connectivity index (χ0n) is 15.5. The van der Waals surface area contributed by atoms with E-state index in [2.05, 4.69) is 5.32 Å². The largest absolute Gasteiger partial charge is 0.469 e. The fourth-order valence-corrected chi connectivity index (χ4v) is 4.56. The molecule has 0 saturated heterocycles. The number of carbonyl (C=O) groups is 3. The first-order valence-corrected chi connectivity index (χ1v) is 9.53. The van der Waals surface area contributed by atoms with Gasteiger partial charge in [-0.05, 0) is 42.5 Å². The summed E-state index contributed by atoms with van der Waals surface area (Å²) in [5.41, 5.74) is 2.51. The van der Waals surface area contributed by atoms with Crippen LogP contribution >= 0.6 is 11.3 Å². The van der Waals surface area contributed by atoms with Crippen LogP contribution < -0.4 is 5.32 Å². The third kappa shape index (κ3) is 3.60. The summed E-state index contributed by atoms with van der Waals surface area (Å²) in [7, 11) is 2.61. The molecule has 3 rings (SSSR count). The maximum atomic E-state index is 12.6. The van der Waals surface area contributed by atoms with Crippen LogP contribution in [0.5, 0.6) is 0 Å². The van der Waals surface area contributed by atoms with E-state index in [1.165, 1.54) is 25.6 Å². The van der Waals surface area contributed by atoms with Crippen LogP contribution in [0.4, 0.5) is 5.00 Å². The first-order chi connectivity index (χ1) is 13.0. The van der Waals surface area contributed by atoms with Gasteiger partial charge in [0.1, 0.15) is 5.00 Å². The number of benzene rings is 1. The molecule has 1 unspecified atom stereocenters. The van der Waals surface area contributed by atoms with E-state index in [1.54, 1.807) is 12.1 Å². The summed E-state index contributed by atoms with van der Waals surface area (Å²) in [6, 6.07) is 7.31. The lowest BCUT2D eigenvalue weighted by atomic mass is 9.99. The molecular formula is C20H21NO5S. The van der Waals surface area contributed by atoms with E-state index in [-0.39, 0.29) is 17.4 Å². The Morgan fingerprint density at radius 3 is 2.44 bits per heavy atom. The number of rotatable bonds is 5. The molecule has 0 spiro atoms. The summed E-state index contributed by atoms with van der Waals surface area (Å²) >= 11 is 1.31. The molecule has 1 aromatic carbocycles. The molecule has 1 aliphatic rings. The summed E-state index contributed by atoms with van der Waals surface area (Å²) in [6.07, 6.45) is 2.14. The summed E-state index contributed by atoms with van der Waals surface area (Å²) in [6.45, 7) is 2.04. The van der Waals surface area contributed by atoms with Crippen LogP contribution in [0, 0.1) is 0 Å². The van der Waals surface area contributed by atoms with Crippen molar-refractivity contribution in [2.75, 3.05) is 19.5 Å². The minimum Gasteiger partial charge on any atom is -0.469 e. The fraction of sp³-hybridized carbons (Fsp3) is 0.350. The maximum absolute atomic E-state index is 12.6. The van der Waals surface area contributed by atoms with Crippen LogP contribution in [-0.2, 0) is 27.1 Å². The number of anilines is 1. The molecule has 1 aliphatic carbocycles. The van der Waals surface area contributed by atoms with Gasteiger partial charge in [-0.3, -0.25) is 9.59 Å². The molecule has 2 aromatic rings. The molecule has 1 atom stereocenters. The molecule has 1 N–H and O–H groups in total. The Bertz CT molecular complexity index is 885. The van der Waals surface area contributed by atoms with E-state index in [9.17, 15) is 14.4 Å². The van der Waals surface area contributed by atoms with Gasteiger partial charge in [-0.1, -0.05) is 19.1 Å². The van der Waals surface area contributed by atoms with E-state index < -0.39 is 11.9 Å². The van der Waals surface area contributed by atoms with Gasteiger partial charge in [0.15, 0.2) is 0 Å². The number of hydrogen-bond donors (Lipinski definition) is 1. The minimum atomic E-state index is -0.570. The molecule has 0 saturated carbocycles. The van der Waals surface area contributed by atoms with Gasteiger partial charge in [0, 0.05) is 10.4 Å². The van der Waals surface area contributed by atoms with Crippen LogP contribution in [0.15, 0.2) is 24.3 Å². The molecular weight excluding hydrogens is 366 g/mol. The van der Waals surface area contributed by atoms with Gasteiger partial charge in [0.2, 0.25) is 0 Å². The molecule has 1 amide bonds. The van der Waals surface area contributed by atoms with Gasteiger partial charge in [0.05, 0.1) is 25.7 Å². The number of nitrogens with one attached hydrogen (secondary N) is 1. The molecule has 7 heteroatoms. The van der Waals surface area contributed by atoms with Crippen LogP contribution in [-0.4, -0.2) is 32.1 Å². The average Bonchev–Trinajstić information content (AvgIpc) is 3.25. The third-order valence-electron chi connectivity index (χ3n) is 4.76. The van der Waals surface area contributed by atoms with Crippen molar-refractivity contribution in [2.45, 2.75) is 32.1 Å². The van der Waals surface area contributed by atoms with Crippen LogP contribution in [0.25, 0.3) is 0 Å². The van der Waals surface area contributed by atoms with Crippen LogP contribution in [0.1, 0.15) is 56.0 Å². The number of carbonyl (C=O) groups excluding carboxylic acids is 3. The second kappa shape index (κ2) is 7.92. The second-order valence-corrected chi connectivity index (χ2v) is 7.36. The van der Waals surface area contributed by atoms with Gasteiger partial charge >= 0.3 is 11.9 Å². The van der Waals surface area contributed by atoms with Crippen molar-refractivity contribution >= 4 is 34.2 Å². The van der Waals surface area contributed by atoms with E-state index in [1.807, 2.05) is 19.1 Å². The SMILES string of the molecule is CCc1ccc(C(=O)Nc2sc3c(c2C(=O)OC)C(C(=O)OC)CC3)cc1. The topological polar surface area (TPSA) is 81.7 Å².